The minimum Gasteiger partial charge on any atom is -0.464 e. The number of aromatic nitrogens is 3. The number of ether oxygens (including phenoxy) is 2. The number of carbonyl (C=O) groups is 2. The predicted octanol–water partition coefficient (Wildman–Crippen LogP) is 3.08. The number of thiophene rings is 1. The Hall–Kier alpha value is -2.22. The van der Waals surface area contributed by atoms with E-state index in [0.717, 1.165) is 35.4 Å². The molecule has 1 fully saturated rings. The maximum absolute atomic E-state index is 12.5. The highest BCUT2D eigenvalue weighted by Gasteiger charge is 2.32. The standard InChI is InChI=1S/C17H21N3O4S/c1-10-8-12(11(2)25-10)16(21)24-15-7-5-4-6-14(15)20-9-13(18-19-20)17(22)23-3/h8-9,14-15H,4-7H2,1-3H3. The van der Waals surface area contributed by atoms with E-state index in [4.69, 9.17) is 4.74 Å². The van der Waals surface area contributed by atoms with E-state index in [2.05, 4.69) is 15.0 Å². The van der Waals surface area contributed by atoms with Crippen molar-refractivity contribution in [2.45, 2.75) is 51.7 Å². The van der Waals surface area contributed by atoms with E-state index >= 15 is 0 Å². The van der Waals surface area contributed by atoms with Gasteiger partial charge in [0, 0.05) is 9.75 Å². The topological polar surface area (TPSA) is 83.3 Å². The molecule has 0 N–H and O–H groups in total. The van der Waals surface area contributed by atoms with Crippen LogP contribution in [-0.4, -0.2) is 40.1 Å². The maximum atomic E-state index is 12.5. The smallest absolute Gasteiger partial charge is 0.360 e. The first-order valence-corrected chi connectivity index (χ1v) is 9.09. The lowest BCUT2D eigenvalue weighted by molar-refractivity contribution is 0.00172. The first kappa shape index (κ1) is 17.6. The van der Waals surface area contributed by atoms with Gasteiger partial charge in [0.1, 0.15) is 6.10 Å². The number of rotatable bonds is 4. The van der Waals surface area contributed by atoms with Gasteiger partial charge in [-0.05, 0) is 39.2 Å². The molecule has 2 aromatic rings. The molecule has 0 aliphatic heterocycles. The number of hydrogen-bond donors (Lipinski definition) is 0. The van der Waals surface area contributed by atoms with Crippen LogP contribution in [0.3, 0.4) is 0 Å². The summed E-state index contributed by atoms with van der Waals surface area (Å²) in [5, 5.41) is 7.89. The van der Waals surface area contributed by atoms with Gasteiger partial charge in [0.05, 0.1) is 24.9 Å². The van der Waals surface area contributed by atoms with E-state index in [0.29, 0.717) is 5.56 Å². The predicted molar refractivity (Wildman–Crippen MR) is 91.9 cm³/mol. The zero-order valence-corrected chi connectivity index (χ0v) is 15.3. The molecule has 25 heavy (non-hydrogen) atoms. The molecule has 2 aromatic heterocycles. The fourth-order valence-corrected chi connectivity index (χ4v) is 4.10. The largest absolute Gasteiger partial charge is 0.464 e. The molecular weight excluding hydrogens is 342 g/mol. The van der Waals surface area contributed by atoms with Crippen molar-refractivity contribution in [1.29, 1.82) is 0 Å². The fourth-order valence-electron chi connectivity index (χ4n) is 3.19. The zero-order chi connectivity index (χ0) is 18.0. The van der Waals surface area contributed by atoms with Gasteiger partial charge in [0.15, 0.2) is 5.69 Å². The first-order chi connectivity index (χ1) is 12.0. The highest BCUT2D eigenvalue weighted by molar-refractivity contribution is 7.12. The molecule has 8 heteroatoms. The van der Waals surface area contributed by atoms with Gasteiger partial charge in [-0.3, -0.25) is 0 Å². The summed E-state index contributed by atoms with van der Waals surface area (Å²) < 4.78 is 12.1. The lowest BCUT2D eigenvalue weighted by atomic mass is 9.92. The van der Waals surface area contributed by atoms with Gasteiger partial charge in [-0.1, -0.05) is 11.6 Å². The van der Waals surface area contributed by atoms with E-state index < -0.39 is 5.97 Å². The second-order valence-corrected chi connectivity index (χ2v) is 7.66. The lowest BCUT2D eigenvalue weighted by Gasteiger charge is -2.30. The van der Waals surface area contributed by atoms with E-state index in [-0.39, 0.29) is 23.8 Å². The second-order valence-electron chi connectivity index (χ2n) is 6.20. The molecule has 0 aromatic carbocycles. The summed E-state index contributed by atoms with van der Waals surface area (Å²) in [6.45, 7) is 3.90. The van der Waals surface area contributed by atoms with Crippen LogP contribution in [0.5, 0.6) is 0 Å². The summed E-state index contributed by atoms with van der Waals surface area (Å²) in [5.74, 6) is -0.827. The molecule has 134 valence electrons. The summed E-state index contributed by atoms with van der Waals surface area (Å²) in [5.41, 5.74) is 0.781. The highest BCUT2D eigenvalue weighted by Crippen LogP contribution is 2.32. The summed E-state index contributed by atoms with van der Waals surface area (Å²) in [6, 6.07) is 1.74. The molecule has 0 amide bonds. The molecule has 2 heterocycles. The van der Waals surface area contributed by atoms with Crippen molar-refractivity contribution in [2.24, 2.45) is 0 Å². The van der Waals surface area contributed by atoms with Crippen LogP contribution >= 0.6 is 11.3 Å². The number of nitrogens with zero attached hydrogens (tertiary/aromatic N) is 3. The highest BCUT2D eigenvalue weighted by atomic mass is 32.1. The third-order valence-corrected chi connectivity index (χ3v) is 5.40. The van der Waals surface area contributed by atoms with Gasteiger partial charge in [-0.15, -0.1) is 16.4 Å². The normalized spacial score (nSPS) is 20.3. The summed E-state index contributed by atoms with van der Waals surface area (Å²) >= 11 is 1.59. The molecule has 0 radical (unpaired) electrons. The van der Waals surface area contributed by atoms with Crippen LogP contribution < -0.4 is 0 Å². The van der Waals surface area contributed by atoms with Crippen LogP contribution in [0, 0.1) is 13.8 Å². The summed E-state index contributed by atoms with van der Waals surface area (Å²) in [6.07, 6.45) is 4.88. The Bertz CT molecular complexity index is 783. The van der Waals surface area contributed by atoms with Crippen molar-refractivity contribution in [3.63, 3.8) is 0 Å². The SMILES string of the molecule is COC(=O)c1cn(C2CCCCC2OC(=O)c2cc(C)sc2C)nn1. The van der Waals surface area contributed by atoms with Gasteiger partial charge >= 0.3 is 11.9 Å². The minimum atomic E-state index is -0.528. The average molecular weight is 363 g/mol. The van der Waals surface area contributed by atoms with E-state index in [1.165, 1.54) is 7.11 Å². The maximum Gasteiger partial charge on any atom is 0.360 e. The molecular formula is C17H21N3O4S. The number of aryl methyl sites for hydroxylation is 2. The van der Waals surface area contributed by atoms with Crippen LogP contribution in [0.4, 0.5) is 0 Å². The van der Waals surface area contributed by atoms with Crippen molar-refractivity contribution < 1.29 is 19.1 Å². The van der Waals surface area contributed by atoms with E-state index in [1.54, 1.807) is 22.2 Å². The van der Waals surface area contributed by atoms with Crippen LogP contribution in [0.25, 0.3) is 0 Å². The van der Waals surface area contributed by atoms with Crippen LogP contribution in [0.1, 0.15) is 62.3 Å². The van der Waals surface area contributed by atoms with Crippen molar-refractivity contribution in [1.82, 2.24) is 15.0 Å². The van der Waals surface area contributed by atoms with Gasteiger partial charge in [0.2, 0.25) is 0 Å². The van der Waals surface area contributed by atoms with Crippen molar-refractivity contribution in [3.8, 4) is 0 Å². The third kappa shape index (κ3) is 3.73. The molecule has 1 saturated carbocycles. The van der Waals surface area contributed by atoms with Crippen LogP contribution in [0.15, 0.2) is 12.3 Å². The van der Waals surface area contributed by atoms with E-state index in [9.17, 15) is 9.59 Å². The van der Waals surface area contributed by atoms with Crippen molar-refractivity contribution >= 4 is 23.3 Å². The average Bonchev–Trinajstić information content (AvgIpc) is 3.21. The first-order valence-electron chi connectivity index (χ1n) is 8.27. The Kier molecular flexibility index (Phi) is 5.17. The zero-order valence-electron chi connectivity index (χ0n) is 14.5. The minimum absolute atomic E-state index is 0.122. The number of carbonyl (C=O) groups excluding carboxylic acids is 2. The fraction of sp³-hybridized carbons (Fsp3) is 0.529. The second kappa shape index (κ2) is 7.35. The number of methoxy groups -OCH3 is 1. The molecule has 0 spiro atoms. The molecule has 0 bridgehead atoms. The molecule has 0 saturated heterocycles. The van der Waals surface area contributed by atoms with Crippen LogP contribution in [0.2, 0.25) is 0 Å². The quantitative estimate of drug-likeness (QED) is 0.776. The van der Waals surface area contributed by atoms with Gasteiger partial charge in [-0.2, -0.15) is 0 Å². The van der Waals surface area contributed by atoms with Gasteiger partial charge < -0.3 is 9.47 Å². The summed E-state index contributed by atoms with van der Waals surface area (Å²) in [7, 11) is 1.30. The number of esters is 2. The Morgan fingerprint density at radius 2 is 2.00 bits per heavy atom. The van der Waals surface area contributed by atoms with Crippen molar-refractivity contribution in [2.75, 3.05) is 7.11 Å². The van der Waals surface area contributed by atoms with Crippen molar-refractivity contribution in [3.05, 3.63) is 33.3 Å². The molecule has 2 atom stereocenters. The molecule has 3 rings (SSSR count). The molecule has 2 unspecified atom stereocenters. The summed E-state index contributed by atoms with van der Waals surface area (Å²) in [4.78, 5) is 26.2. The van der Waals surface area contributed by atoms with Gasteiger partial charge in [-0.25, -0.2) is 14.3 Å². The monoisotopic (exact) mass is 363 g/mol. The molecule has 7 nitrogen and oxygen atoms in total. The number of hydrogen-bond acceptors (Lipinski definition) is 7. The van der Waals surface area contributed by atoms with Crippen LogP contribution in [-0.2, 0) is 9.47 Å². The van der Waals surface area contributed by atoms with E-state index in [1.807, 2.05) is 19.9 Å². The Labute approximate surface area is 149 Å². The lowest BCUT2D eigenvalue weighted by Crippen LogP contribution is -2.32. The van der Waals surface area contributed by atoms with Gasteiger partial charge in [0.25, 0.3) is 0 Å². The third-order valence-electron chi connectivity index (χ3n) is 4.43. The molecule has 1 aliphatic rings. The Balaban J connectivity index is 1.77. The Morgan fingerprint density at radius 3 is 2.68 bits per heavy atom. The molecule has 1 aliphatic carbocycles. The Morgan fingerprint density at radius 1 is 1.24 bits per heavy atom.